The minimum absolute atomic E-state index is 0. The average Bonchev–Trinajstić information content (AvgIpc) is 1.62. The molecule has 3 heterocycles. The molecule has 0 aromatic heterocycles. The van der Waals surface area contributed by atoms with Crippen LogP contribution in [0.25, 0.3) is 11.1 Å². The van der Waals surface area contributed by atoms with Crippen LogP contribution in [0.15, 0.2) is 170 Å². The van der Waals surface area contributed by atoms with Crippen molar-refractivity contribution in [3.8, 4) is 11.1 Å². The predicted molar refractivity (Wildman–Crippen MR) is 391 cm³/mol. The molecule has 2 atom stereocenters. The molecule has 558 valence electrons. The fraction of sp³-hybridized carbons (Fsp3) is 0.397. The van der Waals surface area contributed by atoms with Crippen LogP contribution in [0, 0.1) is 5.82 Å². The molecule has 3 fully saturated rings. The lowest BCUT2D eigenvalue weighted by Crippen LogP contribution is -2.50. The van der Waals surface area contributed by atoms with E-state index in [0.29, 0.717) is 132 Å². The van der Waals surface area contributed by atoms with Gasteiger partial charge in [-0.25, -0.2) is 9.18 Å². The minimum atomic E-state index is -5.15. The van der Waals surface area contributed by atoms with Gasteiger partial charge in [-0.05, 0) is 159 Å². The molecule has 1 aliphatic carbocycles. The SMILES string of the molecule is CN(Cc1ccc(C(=O)N(C)CCCN(C)C(=O)CO[C@H]2Cc3ccccc3C23CCN(CC[C@]2(c4ccc(F)cc4)CN(C(=O)c4cc(C(F)(F)F)cc(C(F)(F)F)c4)CO2)CC3)cc1)Cc1ccc(C(=O)N(C)CCN2CCC(OC(=O)Nc3ccccc3-c3ccccc3)CC2)cc1.Cl.Cl.Cl. The number of anilines is 1. The number of carbonyl (C=O) groups excluding carboxylic acids is 5. The van der Waals surface area contributed by atoms with Gasteiger partial charge in [-0.3, -0.25) is 29.4 Å². The van der Waals surface area contributed by atoms with Gasteiger partial charge in [-0.15, -0.1) is 37.2 Å². The molecule has 3 saturated heterocycles. The number of fused-ring (bicyclic) bond motifs is 2. The van der Waals surface area contributed by atoms with Crippen LogP contribution in [0.5, 0.6) is 0 Å². The van der Waals surface area contributed by atoms with E-state index < -0.39 is 64.6 Å². The normalized spacial score (nSPS) is 17.5. The van der Waals surface area contributed by atoms with Crippen molar-refractivity contribution in [1.82, 2.24) is 34.3 Å². The van der Waals surface area contributed by atoms with Crippen LogP contribution in [0.2, 0.25) is 0 Å². The van der Waals surface area contributed by atoms with Gasteiger partial charge in [-0.2, -0.15) is 26.3 Å². The van der Waals surface area contributed by atoms with Gasteiger partial charge >= 0.3 is 18.4 Å². The quantitative estimate of drug-likeness (QED) is 0.0577. The molecule has 7 aromatic rings. The molecule has 1 N–H and O–H groups in total. The zero-order chi connectivity index (χ0) is 71.6. The van der Waals surface area contributed by atoms with E-state index in [-0.39, 0.29) is 92.8 Å². The monoisotopic (exact) mass is 1500 g/mol. The maximum absolute atomic E-state index is 14.3. The van der Waals surface area contributed by atoms with E-state index in [1.807, 2.05) is 129 Å². The summed E-state index contributed by atoms with van der Waals surface area (Å²) < 4.78 is 116. The number of amides is 5. The number of likely N-dealkylation sites (N-methyl/N-ethyl adjacent to an activating group) is 2. The summed E-state index contributed by atoms with van der Waals surface area (Å²) in [6.45, 7) is 5.68. The van der Waals surface area contributed by atoms with Crippen molar-refractivity contribution in [2.75, 3.05) is 112 Å². The lowest BCUT2D eigenvalue weighted by Gasteiger charge is -2.44. The second-order valence-electron chi connectivity index (χ2n) is 27.2. The number of halogens is 10. The number of carbonyl (C=O) groups is 5. The van der Waals surface area contributed by atoms with E-state index >= 15 is 0 Å². The summed E-state index contributed by atoms with van der Waals surface area (Å²) in [5, 5.41) is 2.93. The highest BCUT2D eigenvalue weighted by molar-refractivity contribution is 5.96. The standard InChI is InChI=1S/C78H85F7N8O8.3ClH/c1-87(50-55-21-25-58(26-22-55)72(96)90(4)43-44-91-38-31-65(32-39-91)101-74(98)86-68-18-11-9-16-66(68)56-13-6-5-7-14-56)49-54-19-23-57(24-20-54)71(95)89(3)37-12-36-88(2)70(94)51-99-69-47-59-15-8-10-17-67(59)75(69)33-40-92(41-34-75)42-35-76(61-27-29-64(79)30-28-61)52-93(53-100-76)73(97)60-45-62(77(80,81)82)48-63(46-60)78(83,84)85;;;/h5-11,13-30,45-46,48,65,69H,12,31-44,47,49-53H2,1-4H3,(H,86,98);3*1H/t69-,76+;;;/m0.../s1. The van der Waals surface area contributed by atoms with Crippen LogP contribution in [-0.4, -0.2) is 183 Å². The number of likely N-dealkylation sites (tertiary alicyclic amines) is 2. The van der Waals surface area contributed by atoms with Gasteiger partial charge in [0, 0.05) is 108 Å². The Morgan fingerprint density at radius 1 is 0.606 bits per heavy atom. The Kier molecular flexibility index (Phi) is 28.0. The largest absolute Gasteiger partial charge is 0.446 e. The van der Waals surface area contributed by atoms with Crippen LogP contribution in [0.3, 0.4) is 0 Å². The number of hydrogen-bond donors (Lipinski definition) is 1. The zero-order valence-electron chi connectivity index (χ0n) is 58.4. The van der Waals surface area contributed by atoms with Gasteiger partial charge in [0.25, 0.3) is 17.7 Å². The summed E-state index contributed by atoms with van der Waals surface area (Å²) in [5.41, 5.74) is 2.96. The third-order valence-corrected chi connectivity index (χ3v) is 20.2. The first-order chi connectivity index (χ1) is 48.3. The van der Waals surface area contributed by atoms with E-state index in [2.05, 4.69) is 32.1 Å². The maximum atomic E-state index is 14.3. The van der Waals surface area contributed by atoms with Crippen LogP contribution in [0.4, 0.5) is 41.2 Å². The highest BCUT2D eigenvalue weighted by atomic mass is 35.5. The fourth-order valence-corrected chi connectivity index (χ4v) is 14.4. The van der Waals surface area contributed by atoms with E-state index in [4.69, 9.17) is 14.2 Å². The molecular formula is C78H88Cl3F7N8O8. The van der Waals surface area contributed by atoms with Gasteiger partial charge in [0.1, 0.15) is 30.9 Å². The predicted octanol–water partition coefficient (Wildman–Crippen LogP) is 14.5. The van der Waals surface area contributed by atoms with Crippen molar-refractivity contribution in [3.63, 3.8) is 0 Å². The second-order valence-corrected chi connectivity index (χ2v) is 27.2. The van der Waals surface area contributed by atoms with Gasteiger partial charge < -0.3 is 43.6 Å². The van der Waals surface area contributed by atoms with Crippen LogP contribution >= 0.6 is 37.2 Å². The second kappa shape index (κ2) is 35.8. The Bertz CT molecular complexity index is 4000. The number of ether oxygens (including phenoxy) is 3. The Hall–Kier alpha value is -8.13. The number of nitrogens with one attached hydrogen (secondary N) is 1. The summed E-state index contributed by atoms with van der Waals surface area (Å²) in [6, 6.07) is 47.2. The number of rotatable bonds is 24. The molecule has 0 unspecified atom stereocenters. The van der Waals surface area contributed by atoms with Crippen molar-refractivity contribution in [3.05, 3.63) is 231 Å². The molecule has 16 nitrogen and oxygen atoms in total. The van der Waals surface area contributed by atoms with Crippen LogP contribution < -0.4 is 5.32 Å². The summed E-state index contributed by atoms with van der Waals surface area (Å²) >= 11 is 0. The van der Waals surface area contributed by atoms with Crippen LogP contribution in [-0.2, 0) is 61.9 Å². The van der Waals surface area contributed by atoms with E-state index in [9.17, 15) is 54.7 Å². The molecule has 0 saturated carbocycles. The van der Waals surface area contributed by atoms with Crippen LogP contribution in [0.1, 0.15) is 109 Å². The van der Waals surface area contributed by atoms with Crippen molar-refractivity contribution >= 4 is 72.6 Å². The summed E-state index contributed by atoms with van der Waals surface area (Å²) in [4.78, 5) is 80.2. The lowest BCUT2D eigenvalue weighted by molar-refractivity contribution is -0.143. The molecule has 1 spiro atoms. The highest BCUT2D eigenvalue weighted by Gasteiger charge is 2.50. The van der Waals surface area contributed by atoms with Crippen molar-refractivity contribution in [2.45, 2.75) is 93.6 Å². The number of benzene rings is 7. The third-order valence-electron chi connectivity index (χ3n) is 20.2. The number of piperidine rings is 2. The van der Waals surface area contributed by atoms with Crippen molar-refractivity contribution < 1.29 is 68.9 Å². The molecule has 11 rings (SSSR count). The average molecular weight is 1500 g/mol. The van der Waals surface area contributed by atoms with Crippen molar-refractivity contribution in [2.24, 2.45) is 0 Å². The number of nitrogens with zero attached hydrogens (tertiary/aromatic N) is 7. The molecule has 4 aliphatic rings. The smallest absolute Gasteiger partial charge is 0.416 e. The number of alkyl halides is 6. The maximum Gasteiger partial charge on any atom is 0.416 e. The van der Waals surface area contributed by atoms with E-state index in [1.165, 1.54) is 24.3 Å². The van der Waals surface area contributed by atoms with E-state index in [0.717, 1.165) is 51.4 Å². The van der Waals surface area contributed by atoms with Crippen molar-refractivity contribution in [1.29, 1.82) is 0 Å². The molecule has 5 amide bonds. The summed E-state index contributed by atoms with van der Waals surface area (Å²) in [6.07, 6.45) is -7.12. The molecule has 3 aliphatic heterocycles. The molecule has 7 aromatic carbocycles. The molecule has 104 heavy (non-hydrogen) atoms. The Morgan fingerprint density at radius 3 is 1.76 bits per heavy atom. The van der Waals surface area contributed by atoms with Gasteiger partial charge in [0.05, 0.1) is 29.5 Å². The first kappa shape index (κ1) is 81.5. The Balaban J connectivity index is 0.00000456. The highest BCUT2D eigenvalue weighted by Crippen LogP contribution is 2.49. The topological polar surface area (TPSA) is 148 Å². The Morgan fingerprint density at radius 2 is 1.15 bits per heavy atom. The first-order valence-electron chi connectivity index (χ1n) is 34.2. The first-order valence-corrected chi connectivity index (χ1v) is 34.2. The van der Waals surface area contributed by atoms with E-state index in [1.54, 1.807) is 28.8 Å². The summed E-state index contributed by atoms with van der Waals surface area (Å²) in [5.74, 6) is -2.00. The molecular weight excluding hydrogens is 1420 g/mol. The third kappa shape index (κ3) is 20.1. The molecule has 0 bridgehead atoms. The Labute approximate surface area is 621 Å². The molecule has 26 heteroatoms. The summed E-state index contributed by atoms with van der Waals surface area (Å²) in [7, 11) is 7.29. The van der Waals surface area contributed by atoms with Gasteiger partial charge in [0.15, 0.2) is 0 Å². The van der Waals surface area contributed by atoms with Gasteiger partial charge in [0.2, 0.25) is 5.91 Å². The minimum Gasteiger partial charge on any atom is -0.446 e. The lowest BCUT2D eigenvalue weighted by atomic mass is 9.72. The number of hydrogen-bond acceptors (Lipinski definition) is 11. The zero-order valence-corrected chi connectivity index (χ0v) is 60.9. The number of para-hydroxylation sites is 1. The van der Waals surface area contributed by atoms with Gasteiger partial charge in [-0.1, -0.05) is 109 Å². The molecule has 0 radical (unpaired) electrons. The fourth-order valence-electron chi connectivity index (χ4n) is 14.4.